The Hall–Kier alpha value is -3.02. The summed E-state index contributed by atoms with van der Waals surface area (Å²) in [6.45, 7) is 1.68. The van der Waals surface area contributed by atoms with Crippen molar-refractivity contribution in [1.82, 2.24) is 10.2 Å². The molecule has 2 amide bonds. The zero-order chi connectivity index (χ0) is 18.4. The number of ether oxygens (including phenoxy) is 1. The number of piperidine rings is 1. The molecule has 0 unspecified atom stereocenters. The second-order valence-electron chi connectivity index (χ2n) is 6.28. The van der Waals surface area contributed by atoms with Crippen molar-refractivity contribution in [3.8, 4) is 5.75 Å². The van der Waals surface area contributed by atoms with E-state index in [0.29, 0.717) is 19.6 Å². The zero-order valence-corrected chi connectivity index (χ0v) is 14.4. The highest BCUT2D eigenvalue weighted by Crippen LogP contribution is 2.18. The molecule has 136 valence electrons. The number of rotatable bonds is 5. The predicted octanol–water partition coefficient (Wildman–Crippen LogP) is 3.14. The van der Waals surface area contributed by atoms with Crippen LogP contribution in [-0.2, 0) is 6.54 Å². The summed E-state index contributed by atoms with van der Waals surface area (Å²) in [5.74, 6) is -0.0959. The molecular formula is C20H22N2O4. The molecule has 26 heavy (non-hydrogen) atoms. The number of urea groups is 1. The van der Waals surface area contributed by atoms with Gasteiger partial charge in [0.2, 0.25) is 0 Å². The maximum atomic E-state index is 12.3. The number of aromatic carboxylic acids is 1. The first-order valence-electron chi connectivity index (χ1n) is 8.68. The summed E-state index contributed by atoms with van der Waals surface area (Å²) in [4.78, 5) is 24.9. The maximum Gasteiger partial charge on any atom is 0.335 e. The molecule has 6 nitrogen and oxygen atoms in total. The number of nitrogens with zero attached hydrogens (tertiary/aromatic N) is 1. The van der Waals surface area contributed by atoms with E-state index in [2.05, 4.69) is 5.32 Å². The van der Waals surface area contributed by atoms with Gasteiger partial charge in [-0.2, -0.15) is 0 Å². The minimum absolute atomic E-state index is 0.106. The number of carboxylic acids is 1. The number of carboxylic acid groups (broad SMARTS) is 1. The summed E-state index contributed by atoms with van der Waals surface area (Å²) in [5.41, 5.74) is 1.10. The zero-order valence-electron chi connectivity index (χ0n) is 14.4. The minimum Gasteiger partial charge on any atom is -0.490 e. The summed E-state index contributed by atoms with van der Waals surface area (Å²) in [6, 6.07) is 16.1. The van der Waals surface area contributed by atoms with Gasteiger partial charge in [-0.3, -0.25) is 0 Å². The van der Waals surface area contributed by atoms with Crippen LogP contribution in [0, 0.1) is 0 Å². The molecule has 0 atom stereocenters. The predicted molar refractivity (Wildman–Crippen MR) is 97.3 cm³/mol. The molecule has 6 heteroatoms. The summed E-state index contributed by atoms with van der Waals surface area (Å²) in [5, 5.41) is 11.8. The standard InChI is InChI=1S/C20H22N2O4/c23-19(24)16-8-6-15(7-9-16)14-21-20(25)22-12-10-18(11-13-22)26-17-4-2-1-3-5-17/h1-9,18H,10-14H2,(H,21,25)(H,23,24). The Balaban J connectivity index is 1.42. The van der Waals surface area contributed by atoms with Crippen molar-refractivity contribution in [2.45, 2.75) is 25.5 Å². The van der Waals surface area contributed by atoms with Crippen LogP contribution in [0.2, 0.25) is 0 Å². The van der Waals surface area contributed by atoms with E-state index in [4.69, 9.17) is 9.84 Å². The monoisotopic (exact) mass is 354 g/mol. The molecule has 1 aliphatic rings. The van der Waals surface area contributed by atoms with Crippen LogP contribution < -0.4 is 10.1 Å². The van der Waals surface area contributed by atoms with E-state index in [1.165, 1.54) is 12.1 Å². The van der Waals surface area contributed by atoms with Crippen molar-refractivity contribution in [3.05, 3.63) is 65.7 Å². The van der Waals surface area contributed by atoms with Crippen LogP contribution in [0.5, 0.6) is 5.75 Å². The van der Waals surface area contributed by atoms with Gasteiger partial charge in [0.15, 0.2) is 0 Å². The van der Waals surface area contributed by atoms with Gasteiger partial charge in [0.25, 0.3) is 0 Å². The number of para-hydroxylation sites is 1. The van der Waals surface area contributed by atoms with Crippen LogP contribution >= 0.6 is 0 Å². The van der Waals surface area contributed by atoms with Gasteiger partial charge in [0.1, 0.15) is 11.9 Å². The van der Waals surface area contributed by atoms with Crippen LogP contribution in [0.4, 0.5) is 4.79 Å². The normalized spacial score (nSPS) is 14.7. The lowest BCUT2D eigenvalue weighted by atomic mass is 10.1. The van der Waals surface area contributed by atoms with Gasteiger partial charge in [-0.1, -0.05) is 30.3 Å². The minimum atomic E-state index is -0.957. The Kier molecular flexibility index (Phi) is 5.73. The number of nitrogens with one attached hydrogen (secondary N) is 1. The van der Waals surface area contributed by atoms with Gasteiger partial charge in [-0.15, -0.1) is 0 Å². The Morgan fingerprint density at radius 3 is 2.31 bits per heavy atom. The number of hydrogen-bond acceptors (Lipinski definition) is 3. The fraction of sp³-hybridized carbons (Fsp3) is 0.300. The average Bonchev–Trinajstić information content (AvgIpc) is 2.68. The van der Waals surface area contributed by atoms with E-state index >= 15 is 0 Å². The molecule has 2 aromatic carbocycles. The van der Waals surface area contributed by atoms with E-state index in [1.807, 2.05) is 30.3 Å². The van der Waals surface area contributed by atoms with E-state index in [9.17, 15) is 9.59 Å². The quantitative estimate of drug-likeness (QED) is 0.865. The number of likely N-dealkylation sites (tertiary alicyclic amines) is 1. The van der Waals surface area contributed by atoms with Crippen molar-refractivity contribution in [2.24, 2.45) is 0 Å². The van der Waals surface area contributed by atoms with Gasteiger partial charge in [-0.05, 0) is 29.8 Å². The maximum absolute atomic E-state index is 12.3. The number of hydrogen-bond donors (Lipinski definition) is 2. The second kappa shape index (κ2) is 8.38. The molecule has 1 fully saturated rings. The number of amides is 2. The van der Waals surface area contributed by atoms with Crippen molar-refractivity contribution in [1.29, 1.82) is 0 Å². The molecule has 1 saturated heterocycles. The molecule has 0 aromatic heterocycles. The lowest BCUT2D eigenvalue weighted by Crippen LogP contribution is -2.46. The topological polar surface area (TPSA) is 78.9 Å². The van der Waals surface area contributed by atoms with E-state index in [-0.39, 0.29) is 17.7 Å². The SMILES string of the molecule is O=C(O)c1ccc(CNC(=O)N2CCC(Oc3ccccc3)CC2)cc1. The third-order valence-electron chi connectivity index (χ3n) is 4.42. The fourth-order valence-electron chi connectivity index (χ4n) is 2.92. The van der Waals surface area contributed by atoms with E-state index in [1.54, 1.807) is 17.0 Å². The Labute approximate surface area is 152 Å². The molecule has 3 rings (SSSR count). The molecule has 1 heterocycles. The van der Waals surface area contributed by atoms with Gasteiger partial charge in [0.05, 0.1) is 5.56 Å². The molecule has 0 aliphatic carbocycles. The summed E-state index contributed by atoms with van der Waals surface area (Å²) < 4.78 is 5.94. The van der Waals surface area contributed by atoms with Gasteiger partial charge in [0, 0.05) is 32.5 Å². The summed E-state index contributed by atoms with van der Waals surface area (Å²) >= 11 is 0. The van der Waals surface area contributed by atoms with Gasteiger partial charge >= 0.3 is 12.0 Å². The fourth-order valence-corrected chi connectivity index (χ4v) is 2.92. The Bertz CT molecular complexity index is 738. The van der Waals surface area contributed by atoms with Crippen LogP contribution in [0.25, 0.3) is 0 Å². The summed E-state index contributed by atoms with van der Waals surface area (Å²) in [6.07, 6.45) is 1.73. The van der Waals surface area contributed by atoms with Crippen LogP contribution in [-0.4, -0.2) is 41.2 Å². The highest BCUT2D eigenvalue weighted by Gasteiger charge is 2.23. The van der Waals surface area contributed by atoms with Crippen LogP contribution in [0.3, 0.4) is 0 Å². The third-order valence-corrected chi connectivity index (χ3v) is 4.42. The Morgan fingerprint density at radius 2 is 1.69 bits per heavy atom. The molecular weight excluding hydrogens is 332 g/mol. The van der Waals surface area contributed by atoms with Crippen LogP contribution in [0.1, 0.15) is 28.8 Å². The van der Waals surface area contributed by atoms with Gasteiger partial charge < -0.3 is 20.1 Å². The lowest BCUT2D eigenvalue weighted by molar-refractivity contribution is 0.0696. The molecule has 1 aliphatic heterocycles. The average molecular weight is 354 g/mol. The van der Waals surface area contributed by atoms with Gasteiger partial charge in [-0.25, -0.2) is 9.59 Å². The highest BCUT2D eigenvalue weighted by molar-refractivity contribution is 5.87. The largest absolute Gasteiger partial charge is 0.490 e. The number of carbonyl (C=O) groups excluding carboxylic acids is 1. The van der Waals surface area contributed by atoms with Crippen molar-refractivity contribution >= 4 is 12.0 Å². The first-order chi connectivity index (χ1) is 12.6. The Morgan fingerprint density at radius 1 is 1.04 bits per heavy atom. The molecule has 0 saturated carbocycles. The molecule has 2 aromatic rings. The van der Waals surface area contributed by atoms with Crippen LogP contribution in [0.15, 0.2) is 54.6 Å². The van der Waals surface area contributed by atoms with Crippen molar-refractivity contribution < 1.29 is 19.4 Å². The second-order valence-corrected chi connectivity index (χ2v) is 6.28. The molecule has 0 bridgehead atoms. The third kappa shape index (κ3) is 4.75. The lowest BCUT2D eigenvalue weighted by Gasteiger charge is -2.32. The smallest absolute Gasteiger partial charge is 0.335 e. The number of carbonyl (C=O) groups is 2. The molecule has 0 spiro atoms. The number of benzene rings is 2. The summed E-state index contributed by atoms with van der Waals surface area (Å²) in [7, 11) is 0. The van der Waals surface area contributed by atoms with E-state index < -0.39 is 5.97 Å². The first-order valence-corrected chi connectivity index (χ1v) is 8.68. The highest BCUT2D eigenvalue weighted by atomic mass is 16.5. The van der Waals surface area contributed by atoms with Crippen molar-refractivity contribution in [2.75, 3.05) is 13.1 Å². The molecule has 2 N–H and O–H groups in total. The first kappa shape index (κ1) is 17.8. The van der Waals surface area contributed by atoms with Crippen molar-refractivity contribution in [3.63, 3.8) is 0 Å². The van der Waals surface area contributed by atoms with E-state index in [0.717, 1.165) is 24.2 Å². The molecule has 0 radical (unpaired) electrons.